The summed E-state index contributed by atoms with van der Waals surface area (Å²) in [5.41, 5.74) is 4.85. The van der Waals surface area contributed by atoms with Crippen LogP contribution in [0, 0.1) is 0 Å². The first kappa shape index (κ1) is 12.9. The lowest BCUT2D eigenvalue weighted by Crippen LogP contribution is -1.74. The Morgan fingerprint density at radius 1 is 0.947 bits per heavy atom. The van der Waals surface area contributed by atoms with Crippen molar-refractivity contribution in [2.24, 2.45) is 0 Å². The molecule has 0 aliphatic heterocycles. The molecule has 1 nitrogen and oxygen atoms in total. The SMILES string of the molecule is Brc1cc2cc-2c1.Clc1nc(-c2ccccc2)cs1. The lowest BCUT2D eigenvalue weighted by Gasteiger charge is -1.92. The van der Waals surface area contributed by atoms with Crippen LogP contribution in [0.15, 0.2) is 58.4 Å². The molecule has 2 aliphatic rings. The first-order valence-corrected chi connectivity index (χ1v) is 7.75. The Morgan fingerprint density at radius 3 is 2.11 bits per heavy atom. The molecule has 0 radical (unpaired) electrons. The lowest BCUT2D eigenvalue weighted by atomic mass is 10.2. The van der Waals surface area contributed by atoms with Crippen LogP contribution >= 0.6 is 38.9 Å². The van der Waals surface area contributed by atoms with Crippen molar-refractivity contribution in [1.82, 2.24) is 4.98 Å². The van der Waals surface area contributed by atoms with Gasteiger partial charge in [0.25, 0.3) is 0 Å². The summed E-state index contributed by atoms with van der Waals surface area (Å²) in [6.45, 7) is 0. The molecule has 0 amide bonds. The summed E-state index contributed by atoms with van der Waals surface area (Å²) in [7, 11) is 0. The Balaban J connectivity index is 0.000000132. The van der Waals surface area contributed by atoms with E-state index in [0.717, 1.165) is 11.3 Å². The van der Waals surface area contributed by atoms with Crippen LogP contribution in [-0.4, -0.2) is 4.98 Å². The van der Waals surface area contributed by atoms with Crippen LogP contribution < -0.4 is 0 Å². The van der Waals surface area contributed by atoms with Gasteiger partial charge in [-0.15, -0.1) is 11.3 Å². The molecule has 0 saturated heterocycles. The van der Waals surface area contributed by atoms with E-state index in [-0.39, 0.29) is 0 Å². The van der Waals surface area contributed by atoms with Gasteiger partial charge in [0.15, 0.2) is 4.47 Å². The number of nitrogens with zero attached hydrogens (tertiary/aromatic N) is 1. The molecule has 4 heteroatoms. The van der Waals surface area contributed by atoms with Crippen molar-refractivity contribution in [1.29, 1.82) is 0 Å². The second-order valence-corrected chi connectivity index (χ2v) is 6.44. The first-order chi connectivity index (χ1) is 9.22. The smallest absolute Gasteiger partial charge is 0.184 e. The minimum Gasteiger partial charge on any atom is -0.225 e. The number of halogens is 2. The van der Waals surface area contributed by atoms with Gasteiger partial charge in [0.1, 0.15) is 0 Å². The number of benzene rings is 2. The minimum absolute atomic E-state index is 0.592. The van der Waals surface area contributed by atoms with Crippen LogP contribution in [0.1, 0.15) is 0 Å². The monoisotopic (exact) mass is 349 g/mol. The van der Waals surface area contributed by atoms with Gasteiger partial charge >= 0.3 is 0 Å². The van der Waals surface area contributed by atoms with Gasteiger partial charge in [-0.25, -0.2) is 4.98 Å². The van der Waals surface area contributed by atoms with Crippen LogP contribution in [0.4, 0.5) is 0 Å². The summed E-state index contributed by atoms with van der Waals surface area (Å²) in [6, 6.07) is 16.4. The van der Waals surface area contributed by atoms with Crippen molar-refractivity contribution < 1.29 is 0 Å². The van der Waals surface area contributed by atoms with Gasteiger partial charge in [-0.2, -0.15) is 0 Å². The van der Waals surface area contributed by atoms with Gasteiger partial charge in [-0.3, -0.25) is 0 Å². The topological polar surface area (TPSA) is 12.9 Å². The van der Waals surface area contributed by atoms with E-state index in [0.29, 0.717) is 4.47 Å². The fraction of sp³-hybridized carbons (Fsp3) is 0. The summed E-state index contributed by atoms with van der Waals surface area (Å²) in [5.74, 6) is 0. The normalized spacial score (nSPS) is 10.6. The van der Waals surface area contributed by atoms with Gasteiger partial charge in [-0.05, 0) is 29.3 Å². The van der Waals surface area contributed by atoms with E-state index >= 15 is 0 Å². The van der Waals surface area contributed by atoms with Crippen molar-refractivity contribution >= 4 is 38.9 Å². The van der Waals surface area contributed by atoms with Crippen molar-refractivity contribution in [3.8, 4) is 22.4 Å². The van der Waals surface area contributed by atoms with Crippen molar-refractivity contribution in [3.05, 3.63) is 62.9 Å². The Morgan fingerprint density at radius 2 is 1.63 bits per heavy atom. The Labute approximate surface area is 129 Å². The van der Waals surface area contributed by atoms with E-state index in [4.69, 9.17) is 11.6 Å². The molecule has 0 unspecified atom stereocenters. The zero-order chi connectivity index (χ0) is 13.2. The largest absolute Gasteiger partial charge is 0.225 e. The lowest BCUT2D eigenvalue weighted by molar-refractivity contribution is 1.41. The summed E-state index contributed by atoms with van der Waals surface area (Å²) in [5, 5.41) is 1.96. The number of hydrogen-bond acceptors (Lipinski definition) is 2. The van der Waals surface area contributed by atoms with Gasteiger partial charge in [-0.1, -0.05) is 57.9 Å². The number of thiazole rings is 1. The third kappa shape index (κ3) is 3.24. The molecule has 2 aliphatic carbocycles. The maximum absolute atomic E-state index is 5.72. The average Bonchev–Trinajstić information content (AvgIpc) is 2.85. The molecule has 0 atom stereocenters. The predicted molar refractivity (Wildman–Crippen MR) is 85.7 cm³/mol. The maximum atomic E-state index is 5.72. The van der Waals surface area contributed by atoms with Crippen molar-refractivity contribution in [2.75, 3.05) is 0 Å². The van der Waals surface area contributed by atoms with Gasteiger partial charge < -0.3 is 0 Å². The molecule has 1 aromatic heterocycles. The second kappa shape index (κ2) is 5.45. The highest BCUT2D eigenvalue weighted by molar-refractivity contribution is 9.10. The fourth-order valence-corrected chi connectivity index (χ4v) is 2.98. The van der Waals surface area contributed by atoms with E-state index in [1.54, 1.807) is 0 Å². The summed E-state index contributed by atoms with van der Waals surface area (Å²) in [6.07, 6.45) is 0. The molecule has 0 bridgehead atoms. The van der Waals surface area contributed by atoms with E-state index in [9.17, 15) is 0 Å². The number of fused-ring (bicyclic) bond motifs is 1. The molecular weight excluding hydrogens is 342 g/mol. The van der Waals surface area contributed by atoms with E-state index in [2.05, 4.69) is 39.1 Å². The standard InChI is InChI=1S/C9H6ClNS.C6H3Br/c10-9-11-8(6-12-9)7-4-2-1-3-5-7;7-6-2-4-1-5(4)3-6/h1-6H;1-3H. The second-order valence-electron chi connectivity index (χ2n) is 4.08. The molecule has 2 aromatic rings. The van der Waals surface area contributed by atoms with Crippen LogP contribution in [0.25, 0.3) is 22.4 Å². The van der Waals surface area contributed by atoms with Crippen LogP contribution in [0.2, 0.25) is 4.47 Å². The zero-order valence-electron chi connectivity index (χ0n) is 9.81. The highest BCUT2D eigenvalue weighted by Gasteiger charge is 2.11. The van der Waals surface area contributed by atoms with Gasteiger partial charge in [0.05, 0.1) is 5.69 Å². The highest BCUT2D eigenvalue weighted by Crippen LogP contribution is 2.38. The Bertz CT molecular complexity index is 689. The first-order valence-electron chi connectivity index (χ1n) is 5.70. The van der Waals surface area contributed by atoms with Crippen molar-refractivity contribution in [3.63, 3.8) is 0 Å². The van der Waals surface area contributed by atoms with Gasteiger partial charge in [0, 0.05) is 15.4 Å². The van der Waals surface area contributed by atoms with Crippen LogP contribution in [0.3, 0.4) is 0 Å². The van der Waals surface area contributed by atoms with Gasteiger partial charge in [0.2, 0.25) is 0 Å². The van der Waals surface area contributed by atoms with E-state index < -0.39 is 0 Å². The van der Waals surface area contributed by atoms with Crippen LogP contribution in [0.5, 0.6) is 0 Å². The maximum Gasteiger partial charge on any atom is 0.184 e. The molecule has 4 rings (SSSR count). The third-order valence-electron chi connectivity index (χ3n) is 2.69. The summed E-state index contributed by atoms with van der Waals surface area (Å²) < 4.78 is 1.80. The Hall–Kier alpha value is -1.16. The summed E-state index contributed by atoms with van der Waals surface area (Å²) >= 11 is 10.5. The van der Waals surface area contributed by atoms with Crippen molar-refractivity contribution in [2.45, 2.75) is 0 Å². The van der Waals surface area contributed by atoms with E-state index in [1.165, 1.54) is 26.9 Å². The zero-order valence-corrected chi connectivity index (χ0v) is 13.0. The predicted octanol–water partition coefficient (Wildman–Crippen LogP) is 5.89. The average molecular weight is 351 g/mol. The molecule has 0 N–H and O–H groups in total. The minimum atomic E-state index is 0.592. The molecule has 1 heterocycles. The third-order valence-corrected chi connectivity index (χ3v) is 4.13. The number of aromatic nitrogens is 1. The molecule has 0 spiro atoms. The molecule has 0 fully saturated rings. The molecule has 0 saturated carbocycles. The number of hydrogen-bond donors (Lipinski definition) is 0. The molecule has 19 heavy (non-hydrogen) atoms. The molecular formula is C15H9BrClNS. The molecule has 1 aromatic carbocycles. The number of rotatable bonds is 1. The van der Waals surface area contributed by atoms with Crippen LogP contribution in [-0.2, 0) is 0 Å². The molecule has 94 valence electrons. The summed E-state index contributed by atoms with van der Waals surface area (Å²) in [4.78, 5) is 4.16. The quantitative estimate of drug-likeness (QED) is 0.417. The highest BCUT2D eigenvalue weighted by atomic mass is 79.9. The Kier molecular flexibility index (Phi) is 3.69. The van der Waals surface area contributed by atoms with E-state index in [1.807, 2.05) is 35.7 Å². The fourth-order valence-electron chi connectivity index (χ4n) is 1.71.